The third-order valence-corrected chi connectivity index (χ3v) is 3.87. The van der Waals surface area contributed by atoms with Crippen LogP contribution in [0.1, 0.15) is 37.5 Å². The predicted molar refractivity (Wildman–Crippen MR) is 99.4 cm³/mol. The lowest BCUT2D eigenvalue weighted by molar-refractivity contribution is 0.134. The Kier molecular flexibility index (Phi) is 7.44. The van der Waals surface area contributed by atoms with Crippen LogP contribution in [0.4, 0.5) is 10.5 Å². The van der Waals surface area contributed by atoms with E-state index in [0.29, 0.717) is 19.6 Å². The SMILES string of the molecule is CCOCc1ccccc1NC(=O)NC(C)CC(O)c1ccccc1. The Bertz CT molecular complexity index is 661. The van der Waals surface area contributed by atoms with E-state index in [4.69, 9.17) is 4.74 Å². The summed E-state index contributed by atoms with van der Waals surface area (Å²) in [5.41, 5.74) is 2.50. The Labute approximate surface area is 149 Å². The van der Waals surface area contributed by atoms with Crippen molar-refractivity contribution in [2.24, 2.45) is 0 Å². The van der Waals surface area contributed by atoms with Crippen molar-refractivity contribution in [2.45, 2.75) is 39.0 Å². The van der Waals surface area contributed by atoms with Crippen molar-refractivity contribution in [3.63, 3.8) is 0 Å². The standard InChI is InChI=1S/C20H26N2O3/c1-3-25-14-17-11-7-8-12-18(17)22-20(24)21-15(2)13-19(23)16-9-5-4-6-10-16/h4-12,15,19,23H,3,13-14H2,1-2H3,(H2,21,22,24). The molecule has 3 N–H and O–H groups in total. The van der Waals surface area contributed by atoms with Gasteiger partial charge in [-0.15, -0.1) is 0 Å². The van der Waals surface area contributed by atoms with Crippen molar-refractivity contribution in [1.82, 2.24) is 5.32 Å². The van der Waals surface area contributed by atoms with Gasteiger partial charge in [0, 0.05) is 23.9 Å². The molecule has 2 rings (SSSR count). The first-order valence-corrected chi connectivity index (χ1v) is 8.56. The molecule has 2 aromatic carbocycles. The fraction of sp³-hybridized carbons (Fsp3) is 0.350. The molecule has 0 bridgehead atoms. The second kappa shape index (κ2) is 9.81. The summed E-state index contributed by atoms with van der Waals surface area (Å²) in [7, 11) is 0. The summed E-state index contributed by atoms with van der Waals surface area (Å²) in [5, 5.41) is 16.0. The Morgan fingerprint density at radius 1 is 1.12 bits per heavy atom. The van der Waals surface area contributed by atoms with Crippen molar-refractivity contribution < 1.29 is 14.6 Å². The highest BCUT2D eigenvalue weighted by molar-refractivity contribution is 5.90. The molecule has 5 heteroatoms. The van der Waals surface area contributed by atoms with Gasteiger partial charge in [0.1, 0.15) is 0 Å². The van der Waals surface area contributed by atoms with E-state index in [1.54, 1.807) is 0 Å². The Balaban J connectivity index is 1.87. The van der Waals surface area contributed by atoms with E-state index in [9.17, 15) is 9.90 Å². The summed E-state index contributed by atoms with van der Waals surface area (Å²) in [6.45, 7) is 4.88. The van der Waals surface area contributed by atoms with E-state index < -0.39 is 6.10 Å². The molecule has 0 saturated heterocycles. The second-order valence-electron chi connectivity index (χ2n) is 5.96. The molecule has 0 aliphatic carbocycles. The van der Waals surface area contributed by atoms with Crippen LogP contribution in [0.3, 0.4) is 0 Å². The Hall–Kier alpha value is -2.37. The molecule has 0 aliphatic heterocycles. The van der Waals surface area contributed by atoms with Crippen molar-refractivity contribution in [1.29, 1.82) is 0 Å². The minimum atomic E-state index is -0.609. The second-order valence-corrected chi connectivity index (χ2v) is 5.96. The molecule has 0 fully saturated rings. The summed E-state index contributed by atoms with van der Waals surface area (Å²) < 4.78 is 5.42. The molecule has 0 aromatic heterocycles. The van der Waals surface area contributed by atoms with Crippen LogP contribution in [-0.4, -0.2) is 23.8 Å². The van der Waals surface area contributed by atoms with Crippen LogP contribution in [0.5, 0.6) is 0 Å². The van der Waals surface area contributed by atoms with Crippen LogP contribution >= 0.6 is 0 Å². The van der Waals surface area contributed by atoms with Gasteiger partial charge in [0.05, 0.1) is 12.7 Å². The summed E-state index contributed by atoms with van der Waals surface area (Å²) in [5.74, 6) is 0. The first-order chi connectivity index (χ1) is 12.1. The van der Waals surface area contributed by atoms with Gasteiger partial charge in [-0.25, -0.2) is 4.79 Å². The molecule has 2 unspecified atom stereocenters. The normalized spacial score (nSPS) is 13.1. The predicted octanol–water partition coefficient (Wildman–Crippen LogP) is 3.86. The van der Waals surface area contributed by atoms with Crippen molar-refractivity contribution >= 4 is 11.7 Å². The summed E-state index contributed by atoms with van der Waals surface area (Å²) >= 11 is 0. The van der Waals surface area contributed by atoms with Gasteiger partial charge in [0.2, 0.25) is 0 Å². The number of rotatable bonds is 8. The van der Waals surface area contributed by atoms with E-state index in [1.165, 1.54) is 0 Å². The van der Waals surface area contributed by atoms with Gasteiger partial charge >= 0.3 is 6.03 Å². The van der Waals surface area contributed by atoms with Gasteiger partial charge in [-0.1, -0.05) is 48.5 Å². The minimum absolute atomic E-state index is 0.172. The topological polar surface area (TPSA) is 70.6 Å². The number of benzene rings is 2. The molecule has 134 valence electrons. The molecule has 0 spiro atoms. The lowest BCUT2D eigenvalue weighted by Crippen LogP contribution is -2.37. The third-order valence-electron chi connectivity index (χ3n) is 3.87. The number of carbonyl (C=O) groups is 1. The van der Waals surface area contributed by atoms with E-state index in [0.717, 1.165) is 16.8 Å². The summed E-state index contributed by atoms with van der Waals surface area (Å²) in [4.78, 5) is 12.2. The number of ether oxygens (including phenoxy) is 1. The lowest BCUT2D eigenvalue weighted by Gasteiger charge is -2.19. The maximum Gasteiger partial charge on any atom is 0.319 e. The van der Waals surface area contributed by atoms with Crippen LogP contribution in [0, 0.1) is 0 Å². The first kappa shape index (κ1) is 19.0. The van der Waals surface area contributed by atoms with Gasteiger partial charge in [0.25, 0.3) is 0 Å². The first-order valence-electron chi connectivity index (χ1n) is 8.56. The largest absolute Gasteiger partial charge is 0.388 e. The molecular weight excluding hydrogens is 316 g/mol. The monoisotopic (exact) mass is 342 g/mol. The maximum atomic E-state index is 12.2. The molecule has 25 heavy (non-hydrogen) atoms. The number of carbonyl (C=O) groups excluding carboxylic acids is 1. The maximum absolute atomic E-state index is 12.2. The quantitative estimate of drug-likeness (QED) is 0.682. The van der Waals surface area contributed by atoms with Crippen LogP contribution in [0.15, 0.2) is 54.6 Å². The Morgan fingerprint density at radius 2 is 1.80 bits per heavy atom. The molecule has 2 aromatic rings. The number of aliphatic hydroxyl groups excluding tert-OH is 1. The average Bonchev–Trinajstić information content (AvgIpc) is 2.61. The van der Waals surface area contributed by atoms with Crippen LogP contribution in [0.25, 0.3) is 0 Å². The minimum Gasteiger partial charge on any atom is -0.388 e. The number of amides is 2. The zero-order valence-corrected chi connectivity index (χ0v) is 14.7. The van der Waals surface area contributed by atoms with Gasteiger partial charge in [-0.05, 0) is 31.9 Å². The highest BCUT2D eigenvalue weighted by Crippen LogP contribution is 2.18. The molecule has 2 atom stereocenters. The molecule has 5 nitrogen and oxygen atoms in total. The van der Waals surface area contributed by atoms with Crippen LogP contribution < -0.4 is 10.6 Å². The molecule has 0 radical (unpaired) electrons. The van der Waals surface area contributed by atoms with E-state index in [-0.39, 0.29) is 12.1 Å². The van der Waals surface area contributed by atoms with Gasteiger partial charge in [-0.2, -0.15) is 0 Å². The fourth-order valence-corrected chi connectivity index (χ4v) is 2.57. The number of anilines is 1. The molecule has 2 amide bonds. The zero-order valence-electron chi connectivity index (χ0n) is 14.7. The number of hydrogen-bond donors (Lipinski definition) is 3. The van der Waals surface area contributed by atoms with Gasteiger partial charge < -0.3 is 20.5 Å². The third kappa shape index (κ3) is 6.21. The molecule has 0 saturated carbocycles. The van der Waals surface area contributed by atoms with Crippen LogP contribution in [0.2, 0.25) is 0 Å². The highest BCUT2D eigenvalue weighted by Gasteiger charge is 2.15. The number of para-hydroxylation sites is 1. The summed E-state index contributed by atoms with van der Waals surface area (Å²) in [6.07, 6.45) is -0.167. The highest BCUT2D eigenvalue weighted by atomic mass is 16.5. The number of hydrogen-bond acceptors (Lipinski definition) is 3. The molecule has 0 heterocycles. The molecule has 0 aliphatic rings. The van der Waals surface area contributed by atoms with Crippen molar-refractivity contribution in [3.05, 3.63) is 65.7 Å². The van der Waals surface area contributed by atoms with E-state index >= 15 is 0 Å². The molecular formula is C20H26N2O3. The fourth-order valence-electron chi connectivity index (χ4n) is 2.57. The smallest absolute Gasteiger partial charge is 0.319 e. The number of urea groups is 1. The van der Waals surface area contributed by atoms with E-state index in [2.05, 4.69) is 10.6 Å². The van der Waals surface area contributed by atoms with Crippen molar-refractivity contribution in [3.8, 4) is 0 Å². The number of aliphatic hydroxyl groups is 1. The lowest BCUT2D eigenvalue weighted by atomic mass is 10.0. The van der Waals surface area contributed by atoms with Gasteiger partial charge in [-0.3, -0.25) is 0 Å². The zero-order chi connectivity index (χ0) is 18.1. The Morgan fingerprint density at radius 3 is 2.52 bits per heavy atom. The number of nitrogens with one attached hydrogen (secondary N) is 2. The van der Waals surface area contributed by atoms with Gasteiger partial charge in [0.15, 0.2) is 0 Å². The van der Waals surface area contributed by atoms with Crippen LogP contribution in [-0.2, 0) is 11.3 Å². The average molecular weight is 342 g/mol. The summed E-state index contributed by atoms with van der Waals surface area (Å²) in [6, 6.07) is 16.5. The van der Waals surface area contributed by atoms with Crippen molar-refractivity contribution in [2.75, 3.05) is 11.9 Å². The van der Waals surface area contributed by atoms with E-state index in [1.807, 2.05) is 68.4 Å².